The maximum absolute atomic E-state index is 4.21. The molecule has 53 heavy (non-hydrogen) atoms. The van der Waals surface area contributed by atoms with Crippen molar-refractivity contribution in [2.45, 2.75) is 51.9 Å². The van der Waals surface area contributed by atoms with Gasteiger partial charge in [-0.05, 0) is 119 Å². The highest BCUT2D eigenvalue weighted by atomic mass is 15.3. The first-order valence-corrected chi connectivity index (χ1v) is 18.9. The van der Waals surface area contributed by atoms with E-state index in [9.17, 15) is 0 Å². The number of allylic oxidation sites excluding steroid dienone is 3. The summed E-state index contributed by atoms with van der Waals surface area (Å²) in [6.45, 7) is 11.1. The third kappa shape index (κ3) is 7.95. The topological polar surface area (TPSA) is 15.3 Å². The van der Waals surface area contributed by atoms with E-state index >= 15 is 0 Å². The Bertz CT molecular complexity index is 2210. The average molecular weight is 691 g/mol. The Balaban J connectivity index is 1.23. The summed E-state index contributed by atoms with van der Waals surface area (Å²) in [6.07, 6.45) is 8.75. The molecule has 0 heterocycles. The summed E-state index contributed by atoms with van der Waals surface area (Å²) in [5.74, 6) is 0. The molecule has 2 nitrogen and oxygen atoms in total. The third-order valence-corrected chi connectivity index (χ3v) is 11.0. The minimum atomic E-state index is 0.0347. The SMILES string of the molecule is C=Cc1cccc(-c2ccccc2)c1-c1cc(C(C)N(C)C(NC(C)c2ccc(-c3ccccc3)cc2)C2=CC=C(c3ccccc3)CC2)ccc1C. The van der Waals surface area contributed by atoms with E-state index < -0.39 is 0 Å². The molecule has 6 aromatic carbocycles. The maximum Gasteiger partial charge on any atom is 0.0830 e. The van der Waals surface area contributed by atoms with Crippen molar-refractivity contribution in [3.63, 3.8) is 0 Å². The fourth-order valence-corrected chi connectivity index (χ4v) is 7.71. The van der Waals surface area contributed by atoms with Crippen molar-refractivity contribution < 1.29 is 0 Å². The van der Waals surface area contributed by atoms with Gasteiger partial charge in [0.25, 0.3) is 0 Å². The summed E-state index contributed by atoms with van der Waals surface area (Å²) < 4.78 is 0. The van der Waals surface area contributed by atoms with Crippen LogP contribution < -0.4 is 5.32 Å². The molecule has 0 aromatic heterocycles. The van der Waals surface area contributed by atoms with Gasteiger partial charge in [-0.15, -0.1) is 0 Å². The lowest BCUT2D eigenvalue weighted by Gasteiger charge is -2.38. The van der Waals surface area contributed by atoms with Crippen LogP contribution in [0.15, 0.2) is 176 Å². The van der Waals surface area contributed by atoms with Crippen molar-refractivity contribution in [2.24, 2.45) is 0 Å². The van der Waals surface area contributed by atoms with Crippen LogP contribution in [0, 0.1) is 6.92 Å². The molecule has 2 heteroatoms. The normalized spacial score (nSPS) is 14.6. The highest BCUT2D eigenvalue weighted by Crippen LogP contribution is 2.40. The van der Waals surface area contributed by atoms with E-state index in [4.69, 9.17) is 0 Å². The molecule has 0 saturated heterocycles. The molecule has 0 saturated carbocycles. The Morgan fingerprint density at radius 2 is 1.21 bits per heavy atom. The Morgan fingerprint density at radius 1 is 0.604 bits per heavy atom. The molecule has 0 fully saturated rings. The van der Waals surface area contributed by atoms with Crippen molar-refractivity contribution in [2.75, 3.05) is 7.05 Å². The van der Waals surface area contributed by atoms with Gasteiger partial charge in [-0.25, -0.2) is 0 Å². The van der Waals surface area contributed by atoms with Gasteiger partial charge in [0, 0.05) is 12.1 Å². The zero-order valence-electron chi connectivity index (χ0n) is 31.5. The molecular formula is C51H50N2. The minimum Gasteiger partial charge on any atom is -0.292 e. The number of hydrogen-bond acceptors (Lipinski definition) is 2. The van der Waals surface area contributed by atoms with Gasteiger partial charge >= 0.3 is 0 Å². The molecule has 1 aliphatic carbocycles. The molecule has 3 unspecified atom stereocenters. The average Bonchev–Trinajstić information content (AvgIpc) is 3.23. The number of nitrogens with zero attached hydrogens (tertiary/aromatic N) is 1. The van der Waals surface area contributed by atoms with Crippen molar-refractivity contribution in [1.82, 2.24) is 10.2 Å². The van der Waals surface area contributed by atoms with Gasteiger partial charge in [0.2, 0.25) is 0 Å². The van der Waals surface area contributed by atoms with Gasteiger partial charge in [0.15, 0.2) is 0 Å². The molecule has 3 atom stereocenters. The number of likely N-dealkylation sites (N-methyl/N-ethyl adjacent to an activating group) is 1. The lowest BCUT2D eigenvalue weighted by molar-refractivity contribution is 0.166. The van der Waals surface area contributed by atoms with Crippen LogP contribution in [0.3, 0.4) is 0 Å². The van der Waals surface area contributed by atoms with E-state index in [0.29, 0.717) is 0 Å². The van der Waals surface area contributed by atoms with Crippen LogP contribution in [0.2, 0.25) is 0 Å². The number of rotatable bonds is 12. The van der Waals surface area contributed by atoms with E-state index in [1.165, 1.54) is 66.8 Å². The second kappa shape index (κ2) is 16.4. The first kappa shape index (κ1) is 35.8. The van der Waals surface area contributed by atoms with E-state index in [1.807, 2.05) is 6.08 Å². The first-order chi connectivity index (χ1) is 25.9. The highest BCUT2D eigenvalue weighted by Gasteiger charge is 2.28. The lowest BCUT2D eigenvalue weighted by Crippen LogP contribution is -2.47. The minimum absolute atomic E-state index is 0.0347. The fraction of sp³-hybridized carbons (Fsp3) is 0.176. The van der Waals surface area contributed by atoms with Gasteiger partial charge < -0.3 is 0 Å². The molecule has 0 amide bonds. The summed E-state index contributed by atoms with van der Waals surface area (Å²) in [5.41, 5.74) is 16.5. The Hall–Kier alpha value is -5.54. The largest absolute Gasteiger partial charge is 0.292 e. The van der Waals surface area contributed by atoms with Crippen LogP contribution in [-0.4, -0.2) is 18.1 Å². The zero-order chi connectivity index (χ0) is 36.7. The second-order valence-electron chi connectivity index (χ2n) is 14.3. The smallest absolute Gasteiger partial charge is 0.0830 e. The molecule has 264 valence electrons. The van der Waals surface area contributed by atoms with Crippen molar-refractivity contribution >= 4 is 11.6 Å². The number of hydrogen-bond donors (Lipinski definition) is 1. The molecule has 7 rings (SSSR count). The van der Waals surface area contributed by atoms with E-state index in [1.54, 1.807) is 0 Å². The maximum atomic E-state index is 4.21. The Labute approximate surface area is 316 Å². The van der Waals surface area contributed by atoms with Gasteiger partial charge in [-0.3, -0.25) is 10.2 Å². The Kier molecular flexibility index (Phi) is 11.1. The van der Waals surface area contributed by atoms with Crippen LogP contribution in [-0.2, 0) is 0 Å². The predicted molar refractivity (Wildman–Crippen MR) is 227 cm³/mol. The quantitative estimate of drug-likeness (QED) is 0.129. The van der Waals surface area contributed by atoms with Crippen molar-refractivity contribution in [3.05, 3.63) is 204 Å². The monoisotopic (exact) mass is 690 g/mol. The predicted octanol–water partition coefficient (Wildman–Crippen LogP) is 13.1. The molecule has 0 bridgehead atoms. The number of benzene rings is 6. The number of nitrogens with one attached hydrogen (secondary N) is 1. The van der Waals surface area contributed by atoms with Gasteiger partial charge in [-0.1, -0.05) is 170 Å². The molecular weight excluding hydrogens is 641 g/mol. The van der Waals surface area contributed by atoms with Crippen LogP contribution in [0.25, 0.3) is 45.0 Å². The molecule has 1 N–H and O–H groups in total. The van der Waals surface area contributed by atoms with Crippen molar-refractivity contribution in [1.29, 1.82) is 0 Å². The summed E-state index contributed by atoms with van der Waals surface area (Å²) >= 11 is 0. The lowest BCUT2D eigenvalue weighted by atomic mass is 9.86. The second-order valence-corrected chi connectivity index (χ2v) is 14.3. The molecule has 0 radical (unpaired) electrons. The van der Waals surface area contributed by atoms with Crippen molar-refractivity contribution in [3.8, 4) is 33.4 Å². The van der Waals surface area contributed by atoms with Crippen LogP contribution in [0.4, 0.5) is 0 Å². The summed E-state index contributed by atoms with van der Waals surface area (Å²) in [5, 5.41) is 4.09. The van der Waals surface area contributed by atoms with E-state index in [-0.39, 0.29) is 18.2 Å². The van der Waals surface area contributed by atoms with E-state index in [2.05, 4.69) is 208 Å². The van der Waals surface area contributed by atoms with Crippen LogP contribution >= 0.6 is 0 Å². The molecule has 0 spiro atoms. The summed E-state index contributed by atoms with van der Waals surface area (Å²) in [7, 11) is 2.28. The van der Waals surface area contributed by atoms with Gasteiger partial charge in [-0.2, -0.15) is 0 Å². The molecule has 0 aliphatic heterocycles. The van der Waals surface area contributed by atoms with Crippen LogP contribution in [0.5, 0.6) is 0 Å². The zero-order valence-corrected chi connectivity index (χ0v) is 31.5. The van der Waals surface area contributed by atoms with Gasteiger partial charge in [0.1, 0.15) is 0 Å². The molecule has 6 aromatic rings. The summed E-state index contributed by atoms with van der Waals surface area (Å²) in [4.78, 5) is 2.52. The first-order valence-electron chi connectivity index (χ1n) is 18.9. The van der Waals surface area contributed by atoms with Gasteiger partial charge in [0.05, 0.1) is 6.17 Å². The fourth-order valence-electron chi connectivity index (χ4n) is 7.71. The Morgan fingerprint density at radius 3 is 1.83 bits per heavy atom. The standard InChI is InChI=1S/C51H50N2/c1-6-39-23-16-24-48(45-21-14-9-15-22-45)50(39)49-35-47(26-25-36(49)2)38(4)53(5)51(46-33-31-44(32-34-46)42-19-12-8-13-20-42)52-37(3)40-27-29-43(30-28-40)41-17-10-7-11-18-41/h6-31,33,35,37-38,51-52H,1,32,34H2,2-5H3. The highest BCUT2D eigenvalue weighted by molar-refractivity contribution is 5.90. The third-order valence-electron chi connectivity index (χ3n) is 11.0. The number of aryl methyl sites for hydroxylation is 1. The molecule has 1 aliphatic rings. The van der Waals surface area contributed by atoms with E-state index in [0.717, 1.165) is 18.4 Å². The van der Waals surface area contributed by atoms with Crippen LogP contribution in [0.1, 0.15) is 66.6 Å². The summed E-state index contributed by atoms with van der Waals surface area (Å²) in [6, 6.07) is 55.0.